The molecule has 0 bridgehead atoms. The van der Waals surface area contributed by atoms with Crippen molar-refractivity contribution in [1.82, 2.24) is 5.16 Å². The normalized spacial score (nSPS) is 11.6. The fourth-order valence-corrected chi connectivity index (χ4v) is 3.30. The molecule has 0 aliphatic heterocycles. The first-order chi connectivity index (χ1) is 11.7. The van der Waals surface area contributed by atoms with Crippen molar-refractivity contribution >= 4 is 27.4 Å². The summed E-state index contributed by atoms with van der Waals surface area (Å²) < 4.78 is 29.9. The Hall–Kier alpha value is -2.35. The number of para-hydroxylation sites is 1. The van der Waals surface area contributed by atoms with E-state index < -0.39 is 10.0 Å². The number of carbonyl (C=O) groups excluding carboxylic acids is 1. The lowest BCUT2D eigenvalue weighted by molar-refractivity contribution is -0.116. The molecule has 7 nitrogen and oxygen atoms in total. The summed E-state index contributed by atoms with van der Waals surface area (Å²) in [6, 6.07) is 9.09. The molecule has 1 aromatic heterocycles. The number of nitrogens with zero attached hydrogens (tertiary/aromatic N) is 2. The van der Waals surface area contributed by atoms with Gasteiger partial charge in [-0.15, -0.1) is 0 Å². The molecule has 0 radical (unpaired) electrons. The van der Waals surface area contributed by atoms with Gasteiger partial charge in [0.2, 0.25) is 15.9 Å². The van der Waals surface area contributed by atoms with Gasteiger partial charge in [-0.1, -0.05) is 37.2 Å². The molecule has 1 aromatic carbocycles. The summed E-state index contributed by atoms with van der Waals surface area (Å²) in [4.78, 5) is 12.3. The molecule has 2 aromatic rings. The van der Waals surface area contributed by atoms with Gasteiger partial charge in [0.05, 0.1) is 6.26 Å². The Morgan fingerprint density at radius 1 is 1.32 bits per heavy atom. The largest absolute Gasteiger partial charge is 0.360 e. The minimum absolute atomic E-state index is 0.00536. The molecule has 8 heteroatoms. The monoisotopic (exact) mass is 365 g/mol. The van der Waals surface area contributed by atoms with E-state index in [2.05, 4.69) is 10.5 Å². The molecule has 2 rings (SSSR count). The summed E-state index contributed by atoms with van der Waals surface area (Å²) >= 11 is 0. The van der Waals surface area contributed by atoms with Crippen molar-refractivity contribution in [2.45, 2.75) is 33.1 Å². The fraction of sp³-hybridized carbons (Fsp3) is 0.412. The fourth-order valence-electron chi connectivity index (χ4n) is 2.45. The van der Waals surface area contributed by atoms with E-state index in [4.69, 9.17) is 4.52 Å². The number of aryl methyl sites for hydroxylation is 1. The minimum Gasteiger partial charge on any atom is -0.360 e. The molecule has 1 heterocycles. The van der Waals surface area contributed by atoms with Gasteiger partial charge >= 0.3 is 0 Å². The van der Waals surface area contributed by atoms with E-state index in [0.717, 1.165) is 21.8 Å². The predicted molar refractivity (Wildman–Crippen MR) is 97.2 cm³/mol. The van der Waals surface area contributed by atoms with E-state index in [1.807, 2.05) is 38.1 Å². The van der Waals surface area contributed by atoms with E-state index in [1.54, 1.807) is 6.92 Å². The molecule has 0 unspecified atom stereocenters. The van der Waals surface area contributed by atoms with Gasteiger partial charge < -0.3 is 9.84 Å². The highest BCUT2D eigenvalue weighted by Crippen LogP contribution is 2.24. The molecular formula is C17H23N3O4S. The second-order valence-electron chi connectivity index (χ2n) is 6.17. The number of anilines is 2. The molecule has 1 N–H and O–H groups in total. The zero-order valence-electron chi connectivity index (χ0n) is 14.8. The Bertz CT molecular complexity index is 843. The standard InChI is InChI=1S/C17H23N3O4S/c1-12(2)14-7-5-6-8-15(14)18-17(21)9-10-20(25(4,22)23)16-11-13(3)24-19-16/h5-8,11-12H,9-10H2,1-4H3,(H,18,21). The van der Waals surface area contributed by atoms with Gasteiger partial charge in [-0.3, -0.25) is 9.10 Å². The SMILES string of the molecule is Cc1cc(N(CCC(=O)Nc2ccccc2C(C)C)S(C)(=O)=O)no1. The zero-order chi connectivity index (χ0) is 18.6. The first-order valence-electron chi connectivity index (χ1n) is 7.98. The van der Waals surface area contributed by atoms with Crippen LogP contribution in [0.5, 0.6) is 0 Å². The van der Waals surface area contributed by atoms with Crippen LogP contribution in [0, 0.1) is 6.92 Å². The summed E-state index contributed by atoms with van der Waals surface area (Å²) in [6.07, 6.45) is 1.08. The van der Waals surface area contributed by atoms with Gasteiger partial charge in [0, 0.05) is 24.7 Å². The van der Waals surface area contributed by atoms with Crippen LogP contribution in [0.3, 0.4) is 0 Å². The summed E-state index contributed by atoms with van der Waals surface area (Å²) in [5, 5.41) is 6.57. The number of hydrogen-bond acceptors (Lipinski definition) is 5. The van der Waals surface area contributed by atoms with Crippen molar-refractivity contribution < 1.29 is 17.7 Å². The highest BCUT2D eigenvalue weighted by molar-refractivity contribution is 7.92. The minimum atomic E-state index is -3.56. The van der Waals surface area contributed by atoms with Crippen LogP contribution in [-0.4, -0.2) is 32.3 Å². The summed E-state index contributed by atoms with van der Waals surface area (Å²) in [7, 11) is -3.56. The van der Waals surface area contributed by atoms with Crippen LogP contribution in [0.4, 0.5) is 11.5 Å². The average molecular weight is 365 g/mol. The number of amides is 1. The summed E-state index contributed by atoms with van der Waals surface area (Å²) in [6.45, 7) is 5.75. The quantitative estimate of drug-likeness (QED) is 0.814. The van der Waals surface area contributed by atoms with E-state index in [-0.39, 0.29) is 30.6 Å². The number of carbonyl (C=O) groups is 1. The van der Waals surface area contributed by atoms with Crippen LogP contribution < -0.4 is 9.62 Å². The molecule has 136 valence electrons. The van der Waals surface area contributed by atoms with E-state index in [1.165, 1.54) is 6.07 Å². The maximum atomic E-state index is 12.3. The van der Waals surface area contributed by atoms with Crippen molar-refractivity contribution in [2.24, 2.45) is 0 Å². The van der Waals surface area contributed by atoms with Gasteiger partial charge in [0.25, 0.3) is 0 Å². The smallest absolute Gasteiger partial charge is 0.233 e. The third-order valence-corrected chi connectivity index (χ3v) is 4.84. The van der Waals surface area contributed by atoms with Gasteiger partial charge in [0.1, 0.15) is 5.76 Å². The number of benzene rings is 1. The van der Waals surface area contributed by atoms with Crippen LogP contribution in [0.15, 0.2) is 34.9 Å². The van der Waals surface area contributed by atoms with Crippen molar-refractivity contribution in [3.63, 3.8) is 0 Å². The average Bonchev–Trinajstić information content (AvgIpc) is 2.92. The molecule has 0 aliphatic carbocycles. The van der Waals surface area contributed by atoms with Crippen LogP contribution in [0.2, 0.25) is 0 Å². The van der Waals surface area contributed by atoms with Crippen LogP contribution in [0.1, 0.15) is 37.5 Å². The lowest BCUT2D eigenvalue weighted by atomic mass is 10.0. The number of aromatic nitrogens is 1. The summed E-state index contributed by atoms with van der Waals surface area (Å²) in [5.74, 6) is 0.679. The van der Waals surface area contributed by atoms with Gasteiger partial charge in [-0.05, 0) is 24.5 Å². The molecule has 0 saturated carbocycles. The van der Waals surface area contributed by atoms with Crippen molar-refractivity contribution in [3.05, 3.63) is 41.7 Å². The molecule has 0 fully saturated rings. The Balaban J connectivity index is 2.07. The highest BCUT2D eigenvalue weighted by atomic mass is 32.2. The van der Waals surface area contributed by atoms with Gasteiger partial charge in [0.15, 0.2) is 5.82 Å². The van der Waals surface area contributed by atoms with Gasteiger partial charge in [-0.25, -0.2) is 8.42 Å². The lowest BCUT2D eigenvalue weighted by Gasteiger charge is -2.19. The summed E-state index contributed by atoms with van der Waals surface area (Å²) in [5.41, 5.74) is 1.77. The molecule has 1 amide bonds. The third kappa shape index (κ3) is 5.06. The number of nitrogens with one attached hydrogen (secondary N) is 1. The molecule has 0 spiro atoms. The Kier molecular flexibility index (Phi) is 5.84. The Labute approximate surface area is 148 Å². The van der Waals surface area contributed by atoms with Crippen LogP contribution >= 0.6 is 0 Å². The molecule has 25 heavy (non-hydrogen) atoms. The first-order valence-corrected chi connectivity index (χ1v) is 9.83. The number of rotatable bonds is 7. The first kappa shape index (κ1) is 19.0. The maximum absolute atomic E-state index is 12.3. The number of hydrogen-bond donors (Lipinski definition) is 1. The van der Waals surface area contributed by atoms with E-state index >= 15 is 0 Å². The zero-order valence-corrected chi connectivity index (χ0v) is 15.6. The molecule has 0 aliphatic rings. The van der Waals surface area contributed by atoms with Crippen molar-refractivity contribution in [2.75, 3.05) is 22.4 Å². The second kappa shape index (κ2) is 7.69. The molecule has 0 atom stereocenters. The Morgan fingerprint density at radius 3 is 2.56 bits per heavy atom. The topological polar surface area (TPSA) is 92.5 Å². The third-order valence-electron chi connectivity index (χ3n) is 3.67. The van der Waals surface area contributed by atoms with Crippen LogP contribution in [0.25, 0.3) is 0 Å². The highest BCUT2D eigenvalue weighted by Gasteiger charge is 2.22. The maximum Gasteiger partial charge on any atom is 0.233 e. The number of sulfonamides is 1. The lowest BCUT2D eigenvalue weighted by Crippen LogP contribution is -2.33. The van der Waals surface area contributed by atoms with Gasteiger partial charge in [-0.2, -0.15) is 0 Å². The second-order valence-corrected chi connectivity index (χ2v) is 8.08. The van der Waals surface area contributed by atoms with Crippen molar-refractivity contribution in [1.29, 1.82) is 0 Å². The van der Waals surface area contributed by atoms with E-state index in [0.29, 0.717) is 5.76 Å². The molecular weight excluding hydrogens is 342 g/mol. The predicted octanol–water partition coefficient (Wildman–Crippen LogP) is 2.90. The van der Waals surface area contributed by atoms with Crippen LogP contribution in [-0.2, 0) is 14.8 Å². The van der Waals surface area contributed by atoms with E-state index in [9.17, 15) is 13.2 Å². The van der Waals surface area contributed by atoms with Crippen molar-refractivity contribution in [3.8, 4) is 0 Å². The molecule has 0 saturated heterocycles. The Morgan fingerprint density at radius 2 is 2.00 bits per heavy atom.